The molecule has 0 aliphatic heterocycles. The molecule has 6 nitrogen and oxygen atoms in total. The predicted octanol–water partition coefficient (Wildman–Crippen LogP) is 0.623. The highest BCUT2D eigenvalue weighted by Gasteiger charge is 2.05. The van der Waals surface area contributed by atoms with Crippen molar-refractivity contribution in [3.05, 3.63) is 28.9 Å². The lowest BCUT2D eigenvalue weighted by Gasteiger charge is -2.17. The van der Waals surface area contributed by atoms with E-state index in [1.54, 1.807) is 18.6 Å². The number of rotatable bonds is 6. The average Bonchev–Trinajstić information content (AvgIpc) is 2.86. The van der Waals surface area contributed by atoms with Crippen LogP contribution in [0.15, 0.2) is 23.4 Å². The van der Waals surface area contributed by atoms with Gasteiger partial charge in [0.05, 0.1) is 6.20 Å². The van der Waals surface area contributed by atoms with E-state index < -0.39 is 0 Å². The molecule has 0 saturated carbocycles. The van der Waals surface area contributed by atoms with Gasteiger partial charge in [-0.15, -0.1) is 0 Å². The summed E-state index contributed by atoms with van der Waals surface area (Å²) in [5, 5.41) is 8.10. The third-order valence-electron chi connectivity index (χ3n) is 3.16. The summed E-state index contributed by atoms with van der Waals surface area (Å²) in [5.41, 5.74) is 0.502. The van der Waals surface area contributed by atoms with Crippen LogP contribution < -0.4 is 5.56 Å². The molecule has 2 aromatic rings. The van der Waals surface area contributed by atoms with Crippen molar-refractivity contribution >= 4 is 5.52 Å². The van der Waals surface area contributed by atoms with Crippen LogP contribution in [-0.4, -0.2) is 43.9 Å². The molecule has 18 heavy (non-hydrogen) atoms. The van der Waals surface area contributed by atoms with Gasteiger partial charge in [0.15, 0.2) is 0 Å². The Labute approximate surface area is 106 Å². The van der Waals surface area contributed by atoms with Crippen molar-refractivity contribution in [1.82, 2.24) is 24.3 Å². The molecule has 0 unspecified atom stereocenters. The van der Waals surface area contributed by atoms with Gasteiger partial charge in [0.1, 0.15) is 11.8 Å². The zero-order chi connectivity index (χ0) is 13.0. The van der Waals surface area contributed by atoms with E-state index in [-0.39, 0.29) is 5.56 Å². The van der Waals surface area contributed by atoms with Gasteiger partial charge in [0.2, 0.25) is 0 Å². The predicted molar refractivity (Wildman–Crippen MR) is 69.7 cm³/mol. The van der Waals surface area contributed by atoms with Crippen molar-refractivity contribution in [2.24, 2.45) is 0 Å². The normalized spacial score (nSPS) is 11.5. The molecule has 6 heteroatoms. The highest BCUT2D eigenvalue weighted by molar-refractivity contribution is 5.41. The maximum atomic E-state index is 12.0. The molecule has 0 atom stereocenters. The summed E-state index contributed by atoms with van der Waals surface area (Å²) in [4.78, 5) is 14.4. The van der Waals surface area contributed by atoms with E-state index in [9.17, 15) is 4.79 Å². The van der Waals surface area contributed by atoms with E-state index >= 15 is 0 Å². The van der Waals surface area contributed by atoms with Crippen LogP contribution in [-0.2, 0) is 6.54 Å². The Morgan fingerprint density at radius 3 is 2.78 bits per heavy atom. The zero-order valence-electron chi connectivity index (χ0n) is 10.9. The van der Waals surface area contributed by atoms with Gasteiger partial charge < -0.3 is 4.90 Å². The fourth-order valence-corrected chi connectivity index (χ4v) is 2.01. The fraction of sp³-hybridized carbons (Fsp3) is 0.583. The first-order valence-corrected chi connectivity index (χ1v) is 6.38. The largest absolute Gasteiger partial charge is 0.304 e. The monoisotopic (exact) mass is 249 g/mol. The maximum Gasteiger partial charge on any atom is 0.292 e. The second-order valence-electron chi connectivity index (χ2n) is 4.20. The third-order valence-corrected chi connectivity index (χ3v) is 3.16. The Balaban J connectivity index is 2.03. The smallest absolute Gasteiger partial charge is 0.292 e. The topological polar surface area (TPSA) is 55.4 Å². The fourth-order valence-electron chi connectivity index (χ4n) is 2.01. The van der Waals surface area contributed by atoms with E-state index in [0.717, 1.165) is 26.1 Å². The number of hydrogen-bond donors (Lipinski definition) is 0. The Bertz CT molecular complexity index is 555. The summed E-state index contributed by atoms with van der Waals surface area (Å²) in [6, 6.07) is 1.71. The summed E-state index contributed by atoms with van der Waals surface area (Å²) in [5.74, 6) is 0. The Hall–Kier alpha value is -1.69. The molecular formula is C12H19N5O. The van der Waals surface area contributed by atoms with Crippen LogP contribution in [0.2, 0.25) is 0 Å². The van der Waals surface area contributed by atoms with E-state index in [2.05, 4.69) is 28.9 Å². The van der Waals surface area contributed by atoms with Crippen LogP contribution in [0.25, 0.3) is 5.52 Å². The third kappa shape index (κ3) is 2.59. The second kappa shape index (κ2) is 5.77. The van der Waals surface area contributed by atoms with Crippen molar-refractivity contribution in [3.8, 4) is 0 Å². The average molecular weight is 249 g/mol. The summed E-state index contributed by atoms with van der Waals surface area (Å²) in [6.45, 7) is 8.02. The first-order valence-electron chi connectivity index (χ1n) is 6.38. The molecule has 0 saturated heterocycles. The maximum absolute atomic E-state index is 12.0. The summed E-state index contributed by atoms with van der Waals surface area (Å²) in [6.07, 6.45) is 4.12. The van der Waals surface area contributed by atoms with Crippen LogP contribution in [0.5, 0.6) is 0 Å². The Kier molecular flexibility index (Phi) is 4.09. The van der Waals surface area contributed by atoms with Crippen LogP contribution in [0.1, 0.15) is 20.3 Å². The lowest BCUT2D eigenvalue weighted by atomic mass is 10.3. The molecular weight excluding hydrogens is 230 g/mol. The minimum Gasteiger partial charge on any atom is -0.304 e. The first kappa shape index (κ1) is 12.8. The molecule has 0 bridgehead atoms. The van der Waals surface area contributed by atoms with Crippen LogP contribution in [0, 0.1) is 0 Å². The van der Waals surface area contributed by atoms with E-state index in [4.69, 9.17) is 0 Å². The number of fused-ring (bicyclic) bond motifs is 1. The minimum atomic E-state index is -0.0745. The highest BCUT2D eigenvalue weighted by Crippen LogP contribution is 1.95. The number of aryl methyl sites for hydroxylation is 1. The van der Waals surface area contributed by atoms with Gasteiger partial charge in [-0.1, -0.05) is 13.8 Å². The van der Waals surface area contributed by atoms with Gasteiger partial charge in [-0.05, 0) is 32.1 Å². The van der Waals surface area contributed by atoms with Gasteiger partial charge in [-0.2, -0.15) is 10.2 Å². The molecule has 2 rings (SSSR count). The SMILES string of the molecule is CCN(CC)CCCn1ncn2nccc2c1=O. The molecule has 0 aliphatic rings. The molecule has 0 N–H and O–H groups in total. The molecule has 0 aromatic carbocycles. The van der Waals surface area contributed by atoms with Crippen LogP contribution >= 0.6 is 0 Å². The molecule has 98 valence electrons. The summed E-state index contributed by atoms with van der Waals surface area (Å²) >= 11 is 0. The number of aromatic nitrogens is 4. The van der Waals surface area contributed by atoms with Crippen molar-refractivity contribution in [2.45, 2.75) is 26.8 Å². The molecule has 0 spiro atoms. The quantitative estimate of drug-likeness (QED) is 0.753. The van der Waals surface area contributed by atoms with Crippen LogP contribution in [0.3, 0.4) is 0 Å². The summed E-state index contributed by atoms with van der Waals surface area (Å²) < 4.78 is 3.02. The van der Waals surface area contributed by atoms with Gasteiger partial charge >= 0.3 is 0 Å². The van der Waals surface area contributed by atoms with E-state index in [0.29, 0.717) is 12.1 Å². The Morgan fingerprint density at radius 1 is 1.28 bits per heavy atom. The van der Waals surface area contributed by atoms with E-state index in [1.165, 1.54) is 9.20 Å². The molecule has 2 heterocycles. The lowest BCUT2D eigenvalue weighted by molar-refractivity contribution is 0.289. The molecule has 0 amide bonds. The highest BCUT2D eigenvalue weighted by atomic mass is 16.1. The number of hydrogen-bond acceptors (Lipinski definition) is 4. The van der Waals surface area contributed by atoms with Crippen LogP contribution in [0.4, 0.5) is 0 Å². The van der Waals surface area contributed by atoms with Crippen molar-refractivity contribution < 1.29 is 0 Å². The van der Waals surface area contributed by atoms with Crippen molar-refractivity contribution in [1.29, 1.82) is 0 Å². The molecule has 0 aliphatic carbocycles. The van der Waals surface area contributed by atoms with E-state index in [1.807, 2.05) is 0 Å². The van der Waals surface area contributed by atoms with Gasteiger partial charge in [0.25, 0.3) is 5.56 Å². The summed E-state index contributed by atoms with van der Waals surface area (Å²) in [7, 11) is 0. The zero-order valence-corrected chi connectivity index (χ0v) is 10.9. The van der Waals surface area contributed by atoms with Gasteiger partial charge in [-0.25, -0.2) is 9.20 Å². The lowest BCUT2D eigenvalue weighted by Crippen LogP contribution is -2.28. The Morgan fingerprint density at radius 2 is 2.06 bits per heavy atom. The standard InChI is InChI=1S/C12H19N5O/c1-3-15(4-2)8-5-9-16-12(18)11-6-7-13-17(11)10-14-16/h6-7,10H,3-5,8-9H2,1-2H3. The van der Waals surface area contributed by atoms with Gasteiger partial charge in [0, 0.05) is 6.54 Å². The first-order chi connectivity index (χ1) is 8.76. The molecule has 0 radical (unpaired) electrons. The van der Waals surface area contributed by atoms with Crippen molar-refractivity contribution in [2.75, 3.05) is 19.6 Å². The molecule has 0 fully saturated rings. The van der Waals surface area contributed by atoms with Gasteiger partial charge in [-0.3, -0.25) is 4.79 Å². The second-order valence-corrected chi connectivity index (χ2v) is 4.20. The molecule has 2 aromatic heterocycles. The minimum absolute atomic E-state index is 0.0745. The number of nitrogens with zero attached hydrogens (tertiary/aromatic N) is 5. The van der Waals surface area contributed by atoms with Crippen molar-refractivity contribution in [3.63, 3.8) is 0 Å².